The average Bonchev–Trinajstić information content (AvgIpc) is 3.53. The number of allylic oxidation sites excluding steroid dienone is 2. The van der Waals surface area contributed by atoms with Gasteiger partial charge in [-0.1, -0.05) is 28.5 Å². The number of halogens is 3. The molecule has 5 aromatic rings. The molecule has 4 heterocycles. The van der Waals surface area contributed by atoms with Gasteiger partial charge in [0.05, 0.1) is 11.4 Å². The highest BCUT2D eigenvalue weighted by Crippen LogP contribution is 2.33. The van der Waals surface area contributed by atoms with E-state index in [1.807, 2.05) is 50.4 Å². The molecule has 12 heteroatoms. The second-order valence-electron chi connectivity index (χ2n) is 10.5. The van der Waals surface area contributed by atoms with E-state index in [4.69, 9.17) is 9.05 Å². The molecule has 45 heavy (non-hydrogen) atoms. The zero-order chi connectivity index (χ0) is 31.9. The molecule has 3 aromatic heterocycles. The van der Waals surface area contributed by atoms with Crippen molar-refractivity contribution >= 4 is 11.3 Å². The minimum Gasteiger partial charge on any atom is -0.406 e. The van der Waals surface area contributed by atoms with Crippen molar-refractivity contribution in [2.45, 2.75) is 39.8 Å². The lowest BCUT2D eigenvalue weighted by Crippen LogP contribution is -2.30. The Morgan fingerprint density at radius 1 is 0.933 bits per heavy atom. The highest BCUT2D eigenvalue weighted by molar-refractivity contribution is 5.80. The van der Waals surface area contributed by atoms with Crippen molar-refractivity contribution < 1.29 is 32.1 Å². The van der Waals surface area contributed by atoms with Crippen LogP contribution in [0.1, 0.15) is 34.0 Å². The molecule has 0 amide bonds. The summed E-state index contributed by atoms with van der Waals surface area (Å²) >= 11 is 0. The number of aryl methyl sites for hydroxylation is 3. The summed E-state index contributed by atoms with van der Waals surface area (Å²) in [4.78, 5) is 14.5. The van der Waals surface area contributed by atoms with Crippen LogP contribution in [-0.2, 0) is 6.42 Å². The predicted molar refractivity (Wildman–Crippen MR) is 160 cm³/mol. The van der Waals surface area contributed by atoms with Gasteiger partial charge in [0.25, 0.3) is 5.56 Å². The van der Waals surface area contributed by atoms with Gasteiger partial charge in [0.2, 0.25) is 0 Å². The average molecular weight is 617 g/mol. The van der Waals surface area contributed by atoms with Gasteiger partial charge in [-0.05, 0) is 74.9 Å². The number of nitrogens with zero attached hydrogens (tertiary/aromatic N) is 4. The Morgan fingerprint density at radius 3 is 2.38 bits per heavy atom. The monoisotopic (exact) mass is 616 g/mol. The van der Waals surface area contributed by atoms with E-state index in [-0.39, 0.29) is 5.56 Å². The van der Waals surface area contributed by atoms with Crippen LogP contribution in [0.15, 0.2) is 99.1 Å². The first-order chi connectivity index (χ1) is 21.5. The van der Waals surface area contributed by atoms with Crippen LogP contribution in [0.25, 0.3) is 22.4 Å². The summed E-state index contributed by atoms with van der Waals surface area (Å²) in [6, 6.07) is 15.7. The van der Waals surface area contributed by atoms with Gasteiger partial charge >= 0.3 is 6.36 Å². The SMILES string of the molecule is Cc1noc(C)c1C1=CN(c2cccc(Cc3onc(C)c3-c3ccc(=O)n(-c4ccc(OC(F)(F)F)cc4)c3)c2)C(O)C=C1. The number of alkyl halides is 3. The Labute approximate surface area is 255 Å². The van der Waals surface area contributed by atoms with Crippen molar-refractivity contribution in [3.05, 3.63) is 130 Å². The molecule has 0 radical (unpaired) electrons. The quantitative estimate of drug-likeness (QED) is 0.217. The van der Waals surface area contributed by atoms with Crippen LogP contribution >= 0.6 is 0 Å². The Balaban J connectivity index is 1.29. The van der Waals surface area contributed by atoms with Crippen molar-refractivity contribution in [3.8, 4) is 22.6 Å². The van der Waals surface area contributed by atoms with Crippen molar-refractivity contribution in [2.24, 2.45) is 0 Å². The van der Waals surface area contributed by atoms with Crippen LogP contribution in [0.3, 0.4) is 0 Å². The highest BCUT2D eigenvalue weighted by Gasteiger charge is 2.31. The zero-order valence-corrected chi connectivity index (χ0v) is 24.4. The Hall–Kier alpha value is -5.36. The van der Waals surface area contributed by atoms with Gasteiger partial charge in [-0.3, -0.25) is 9.36 Å². The van der Waals surface area contributed by atoms with E-state index in [1.54, 1.807) is 30.2 Å². The van der Waals surface area contributed by atoms with E-state index in [0.29, 0.717) is 40.4 Å². The minimum atomic E-state index is -4.82. The predicted octanol–water partition coefficient (Wildman–Crippen LogP) is 6.63. The third kappa shape index (κ3) is 6.18. The molecular weight excluding hydrogens is 589 g/mol. The smallest absolute Gasteiger partial charge is 0.406 e. The maximum Gasteiger partial charge on any atom is 0.573 e. The summed E-state index contributed by atoms with van der Waals surface area (Å²) in [5, 5.41) is 19.0. The van der Waals surface area contributed by atoms with E-state index in [0.717, 1.165) is 40.2 Å². The van der Waals surface area contributed by atoms with Crippen LogP contribution in [0, 0.1) is 20.8 Å². The van der Waals surface area contributed by atoms with Crippen LogP contribution in [-0.4, -0.2) is 32.6 Å². The number of benzene rings is 2. The molecule has 0 saturated carbocycles. The van der Waals surface area contributed by atoms with Gasteiger partial charge in [-0.25, -0.2) is 0 Å². The maximum absolute atomic E-state index is 12.7. The maximum atomic E-state index is 12.7. The molecule has 1 unspecified atom stereocenters. The molecule has 1 N–H and O–H groups in total. The number of hydrogen-bond donors (Lipinski definition) is 1. The molecule has 230 valence electrons. The van der Waals surface area contributed by atoms with E-state index < -0.39 is 18.3 Å². The summed E-state index contributed by atoms with van der Waals surface area (Å²) < 4.78 is 54.1. The van der Waals surface area contributed by atoms with Crippen LogP contribution in [0.2, 0.25) is 0 Å². The van der Waals surface area contributed by atoms with Crippen molar-refractivity contribution in [2.75, 3.05) is 4.90 Å². The molecule has 0 fully saturated rings. The largest absolute Gasteiger partial charge is 0.573 e. The van der Waals surface area contributed by atoms with E-state index in [9.17, 15) is 23.1 Å². The topological polar surface area (TPSA) is 107 Å². The lowest BCUT2D eigenvalue weighted by Gasteiger charge is -2.28. The molecule has 1 aliphatic rings. The first-order valence-electron chi connectivity index (χ1n) is 13.9. The molecular formula is C33H27F3N4O5. The highest BCUT2D eigenvalue weighted by atomic mass is 19.4. The van der Waals surface area contributed by atoms with Gasteiger partial charge in [-0.2, -0.15) is 0 Å². The number of pyridine rings is 1. The van der Waals surface area contributed by atoms with Crippen LogP contribution < -0.4 is 15.2 Å². The number of rotatable bonds is 7. The van der Waals surface area contributed by atoms with E-state index in [2.05, 4.69) is 15.1 Å². The van der Waals surface area contributed by atoms with Gasteiger partial charge in [0.1, 0.15) is 23.5 Å². The van der Waals surface area contributed by atoms with Gasteiger partial charge in [0.15, 0.2) is 0 Å². The van der Waals surface area contributed by atoms with E-state index in [1.165, 1.54) is 22.8 Å². The Bertz CT molecular complexity index is 1970. The second kappa shape index (κ2) is 11.6. The summed E-state index contributed by atoms with van der Waals surface area (Å²) in [7, 11) is 0. The summed E-state index contributed by atoms with van der Waals surface area (Å²) in [6.45, 7) is 5.49. The Morgan fingerprint density at radius 2 is 1.67 bits per heavy atom. The molecule has 1 atom stereocenters. The fraction of sp³-hybridized carbons (Fsp3) is 0.182. The molecule has 0 aliphatic carbocycles. The molecule has 2 aromatic carbocycles. The standard InChI is InChI=1S/C33H27F3N4O5/c1-19-31(21(3)44-37-19)23-7-13-30(42)40(17-23)26-6-4-5-22(15-26)16-28-32(20(2)38-45-28)24-8-14-29(41)39(18-24)25-9-11-27(12-10-25)43-33(34,35)36/h4-15,17-18,30,42H,16H2,1-3H3. The van der Waals surface area contributed by atoms with Gasteiger partial charge in [-0.15, -0.1) is 13.2 Å². The van der Waals surface area contributed by atoms with Gasteiger partial charge in [0, 0.05) is 58.5 Å². The van der Waals surface area contributed by atoms with Crippen LogP contribution in [0.4, 0.5) is 18.9 Å². The van der Waals surface area contributed by atoms with E-state index >= 15 is 0 Å². The third-order valence-electron chi connectivity index (χ3n) is 7.39. The number of aliphatic hydroxyl groups is 1. The molecule has 1 aliphatic heterocycles. The number of aromatic nitrogens is 3. The summed E-state index contributed by atoms with van der Waals surface area (Å²) in [5.41, 5.74) is 6.02. The fourth-order valence-electron chi connectivity index (χ4n) is 5.39. The lowest BCUT2D eigenvalue weighted by molar-refractivity contribution is -0.274. The van der Waals surface area contributed by atoms with Crippen LogP contribution in [0.5, 0.6) is 5.75 Å². The molecule has 9 nitrogen and oxygen atoms in total. The molecule has 6 rings (SSSR count). The fourth-order valence-corrected chi connectivity index (χ4v) is 5.39. The third-order valence-corrected chi connectivity index (χ3v) is 7.39. The first-order valence-corrected chi connectivity index (χ1v) is 13.9. The van der Waals surface area contributed by atoms with Gasteiger partial charge < -0.3 is 23.8 Å². The normalized spacial score (nSPS) is 15.0. The molecule has 0 bridgehead atoms. The first kappa shape index (κ1) is 29.7. The van der Waals surface area contributed by atoms with Crippen molar-refractivity contribution in [3.63, 3.8) is 0 Å². The molecule has 0 saturated heterocycles. The number of aliphatic hydroxyl groups excluding tert-OH is 1. The Kier molecular flexibility index (Phi) is 7.67. The second-order valence-corrected chi connectivity index (χ2v) is 10.5. The molecule has 0 spiro atoms. The van der Waals surface area contributed by atoms with Crippen molar-refractivity contribution in [1.82, 2.24) is 14.9 Å². The lowest BCUT2D eigenvalue weighted by atomic mass is 10.00. The number of anilines is 1. The van der Waals surface area contributed by atoms with Crippen molar-refractivity contribution in [1.29, 1.82) is 0 Å². The summed E-state index contributed by atoms with van der Waals surface area (Å²) in [6.07, 6.45) is 1.63. The zero-order valence-electron chi connectivity index (χ0n) is 24.4. The number of hydrogen-bond acceptors (Lipinski definition) is 8. The number of ether oxygens (including phenoxy) is 1. The minimum absolute atomic E-state index is 0.354. The summed E-state index contributed by atoms with van der Waals surface area (Å²) in [5.74, 6) is 0.841.